The van der Waals surface area contributed by atoms with Crippen LogP contribution in [0.2, 0.25) is 0 Å². The molecule has 10 rings (SSSR count). The molecule has 0 aromatic carbocycles. The quantitative estimate of drug-likeness (QED) is 0.267. The van der Waals surface area contributed by atoms with Crippen molar-refractivity contribution >= 4 is 0 Å². The van der Waals surface area contributed by atoms with Crippen LogP contribution in [0.3, 0.4) is 0 Å². The van der Waals surface area contributed by atoms with Crippen LogP contribution in [0.15, 0.2) is 0 Å². The maximum absolute atomic E-state index is 7.62. The first-order valence-electron chi connectivity index (χ1n) is 24.2. The lowest BCUT2D eigenvalue weighted by molar-refractivity contribution is -0.102. The summed E-state index contributed by atoms with van der Waals surface area (Å²) >= 11 is 0. The Morgan fingerprint density at radius 1 is 0.255 bits per heavy atom. The average molecular weight is 702 g/mol. The van der Waals surface area contributed by atoms with Crippen LogP contribution in [0.25, 0.3) is 0 Å². The van der Waals surface area contributed by atoms with Crippen LogP contribution in [-0.4, -0.2) is 30.7 Å². The third-order valence-electron chi connectivity index (χ3n) is 19.0. The molecule has 2 aliphatic heterocycles. The first-order valence-corrected chi connectivity index (χ1v) is 24.2. The van der Waals surface area contributed by atoms with Gasteiger partial charge in [-0.1, -0.05) is 96.3 Å². The molecular weight excluding hydrogens is 623 g/mol. The summed E-state index contributed by atoms with van der Waals surface area (Å²) in [6.45, 7) is 0. The molecule has 0 bridgehead atoms. The van der Waals surface area contributed by atoms with E-state index in [4.69, 9.17) is 4.74 Å². The summed E-state index contributed by atoms with van der Waals surface area (Å²) in [6, 6.07) is 0. The van der Waals surface area contributed by atoms with Crippen molar-refractivity contribution in [1.29, 1.82) is 0 Å². The van der Waals surface area contributed by atoms with Gasteiger partial charge in [-0.15, -0.1) is 0 Å². The van der Waals surface area contributed by atoms with Gasteiger partial charge in [0.2, 0.25) is 0 Å². The second kappa shape index (κ2) is 15.8. The van der Waals surface area contributed by atoms with E-state index in [1.807, 2.05) is 0 Å². The number of rotatable bonds is 5. The molecule has 14 atom stereocenters. The van der Waals surface area contributed by atoms with Gasteiger partial charge in [-0.05, 0) is 161 Å². The SMILES string of the molecule is C1CCC(C2NC(C3CCC(C4CCC5CCCCC5C4)CC3)NC(C3CCCC4C5CC(C6CCCCC6)C6CCCCC6C5OC34)N2)CC1. The van der Waals surface area contributed by atoms with Gasteiger partial charge in [0, 0.05) is 5.92 Å². The molecule has 0 aromatic rings. The van der Waals surface area contributed by atoms with E-state index in [2.05, 4.69) is 16.0 Å². The smallest absolute Gasteiger partial charge is 0.0666 e. The highest BCUT2D eigenvalue weighted by molar-refractivity contribution is 5.08. The van der Waals surface area contributed by atoms with Crippen molar-refractivity contribution in [1.82, 2.24) is 16.0 Å². The summed E-state index contributed by atoms with van der Waals surface area (Å²) < 4.78 is 7.62. The average Bonchev–Trinajstić information content (AvgIpc) is 3.60. The fraction of sp³-hybridized carbons (Fsp3) is 1.00. The highest BCUT2D eigenvalue weighted by Gasteiger charge is 2.59. The Kier molecular flexibility index (Phi) is 10.9. The molecule has 2 saturated heterocycles. The van der Waals surface area contributed by atoms with Gasteiger partial charge >= 0.3 is 0 Å². The second-order valence-corrected chi connectivity index (χ2v) is 21.3. The van der Waals surface area contributed by atoms with Gasteiger partial charge in [0.15, 0.2) is 0 Å². The van der Waals surface area contributed by atoms with E-state index in [0.29, 0.717) is 36.6 Å². The molecule has 8 aliphatic carbocycles. The van der Waals surface area contributed by atoms with Crippen LogP contribution in [0.1, 0.15) is 186 Å². The molecule has 4 heteroatoms. The Labute approximate surface area is 313 Å². The molecule has 51 heavy (non-hydrogen) atoms. The van der Waals surface area contributed by atoms with E-state index in [0.717, 1.165) is 71.0 Å². The highest BCUT2D eigenvalue weighted by atomic mass is 16.5. The first-order chi connectivity index (χ1) is 25.3. The number of fused-ring (bicyclic) bond motifs is 6. The Bertz CT molecular complexity index is 1120. The second-order valence-electron chi connectivity index (χ2n) is 21.3. The van der Waals surface area contributed by atoms with Crippen LogP contribution in [-0.2, 0) is 4.74 Å². The maximum atomic E-state index is 7.62. The van der Waals surface area contributed by atoms with Crippen molar-refractivity contribution in [2.45, 2.75) is 217 Å². The third-order valence-corrected chi connectivity index (χ3v) is 19.0. The van der Waals surface area contributed by atoms with Crippen molar-refractivity contribution in [3.8, 4) is 0 Å². The van der Waals surface area contributed by atoms with Crippen molar-refractivity contribution in [2.24, 2.45) is 76.9 Å². The number of hydrogen-bond acceptors (Lipinski definition) is 4. The van der Waals surface area contributed by atoms with Crippen molar-refractivity contribution < 1.29 is 4.74 Å². The van der Waals surface area contributed by atoms with Gasteiger partial charge < -0.3 is 4.74 Å². The molecule has 288 valence electrons. The molecule has 4 nitrogen and oxygen atoms in total. The molecule has 8 saturated carbocycles. The van der Waals surface area contributed by atoms with E-state index in [1.165, 1.54) is 141 Å². The summed E-state index contributed by atoms with van der Waals surface area (Å²) in [7, 11) is 0. The summed E-state index contributed by atoms with van der Waals surface area (Å²) in [4.78, 5) is 0. The molecule has 2 heterocycles. The molecule has 10 aliphatic rings. The van der Waals surface area contributed by atoms with Crippen LogP contribution < -0.4 is 16.0 Å². The predicted octanol–water partition coefficient (Wildman–Crippen LogP) is 10.9. The molecular formula is C47H79N3O. The van der Waals surface area contributed by atoms with Gasteiger partial charge in [-0.2, -0.15) is 0 Å². The summed E-state index contributed by atoms with van der Waals surface area (Å²) in [6.07, 6.45) is 45.7. The Morgan fingerprint density at radius 2 is 0.686 bits per heavy atom. The van der Waals surface area contributed by atoms with Crippen molar-refractivity contribution in [2.75, 3.05) is 0 Å². The van der Waals surface area contributed by atoms with Gasteiger partial charge in [-0.25, -0.2) is 0 Å². The van der Waals surface area contributed by atoms with Gasteiger partial charge in [0.25, 0.3) is 0 Å². The van der Waals surface area contributed by atoms with Crippen LogP contribution >= 0.6 is 0 Å². The Balaban J connectivity index is 0.840. The Hall–Kier alpha value is -0.160. The minimum atomic E-state index is 0.423. The van der Waals surface area contributed by atoms with E-state index in [9.17, 15) is 0 Å². The van der Waals surface area contributed by atoms with Crippen molar-refractivity contribution in [3.63, 3.8) is 0 Å². The number of ether oxygens (including phenoxy) is 1. The van der Waals surface area contributed by atoms with Gasteiger partial charge in [-0.3, -0.25) is 16.0 Å². The van der Waals surface area contributed by atoms with Crippen LogP contribution in [0.4, 0.5) is 0 Å². The fourth-order valence-corrected chi connectivity index (χ4v) is 16.5. The lowest BCUT2D eigenvalue weighted by atomic mass is 9.54. The molecule has 10 fully saturated rings. The van der Waals surface area contributed by atoms with Crippen molar-refractivity contribution in [3.05, 3.63) is 0 Å². The molecule has 3 N–H and O–H groups in total. The van der Waals surface area contributed by atoms with Crippen LogP contribution in [0, 0.1) is 76.9 Å². The zero-order valence-corrected chi connectivity index (χ0v) is 32.8. The molecule has 0 radical (unpaired) electrons. The number of nitrogens with one attached hydrogen (secondary N) is 3. The zero-order valence-electron chi connectivity index (χ0n) is 32.8. The van der Waals surface area contributed by atoms with E-state index >= 15 is 0 Å². The van der Waals surface area contributed by atoms with E-state index in [-0.39, 0.29) is 0 Å². The van der Waals surface area contributed by atoms with Gasteiger partial charge in [0.05, 0.1) is 30.7 Å². The molecule has 0 aromatic heterocycles. The zero-order chi connectivity index (χ0) is 33.7. The highest BCUT2D eigenvalue weighted by Crippen LogP contribution is 2.59. The largest absolute Gasteiger partial charge is 0.374 e. The summed E-state index contributed by atoms with van der Waals surface area (Å²) in [5.41, 5.74) is 0. The normalized spacial score (nSPS) is 51.5. The Morgan fingerprint density at radius 3 is 1.43 bits per heavy atom. The fourth-order valence-electron chi connectivity index (χ4n) is 16.5. The van der Waals surface area contributed by atoms with E-state index in [1.54, 1.807) is 44.9 Å². The van der Waals surface area contributed by atoms with E-state index < -0.39 is 0 Å². The predicted molar refractivity (Wildman–Crippen MR) is 209 cm³/mol. The molecule has 0 amide bonds. The van der Waals surface area contributed by atoms with Gasteiger partial charge in [0.1, 0.15) is 0 Å². The number of hydrogen-bond donors (Lipinski definition) is 3. The third kappa shape index (κ3) is 7.09. The molecule has 0 spiro atoms. The first kappa shape index (κ1) is 35.3. The summed E-state index contributed by atoms with van der Waals surface area (Å²) in [5.74, 6) is 12.1. The monoisotopic (exact) mass is 702 g/mol. The minimum absolute atomic E-state index is 0.423. The van der Waals surface area contributed by atoms with Crippen LogP contribution in [0.5, 0.6) is 0 Å². The topological polar surface area (TPSA) is 45.3 Å². The molecule has 14 unspecified atom stereocenters. The lowest BCUT2D eigenvalue weighted by Gasteiger charge is -2.51. The lowest BCUT2D eigenvalue weighted by Crippen LogP contribution is -2.73. The maximum Gasteiger partial charge on any atom is 0.0666 e. The minimum Gasteiger partial charge on any atom is -0.374 e. The standard InChI is InChI=1S/C47H79N3O/c1-3-13-32(14-4-1)41-29-42-39-20-11-21-40(43(39)51-44(42)38-19-10-9-18-37(38)41)47-49-45(33-15-5-2-6-16-33)48-46(50-47)34-25-22-31(23-26-34)36-27-24-30-12-7-8-17-35(30)28-36/h30-50H,1-29H2. The summed E-state index contributed by atoms with van der Waals surface area (Å²) in [5, 5.41) is 13.1.